The van der Waals surface area contributed by atoms with Crippen LogP contribution in [0.5, 0.6) is 11.5 Å². The molecule has 0 saturated carbocycles. The lowest BCUT2D eigenvalue weighted by molar-refractivity contribution is 0.0826. The van der Waals surface area contributed by atoms with Crippen LogP contribution in [0.15, 0.2) is 41.2 Å². The van der Waals surface area contributed by atoms with Crippen LogP contribution in [0.3, 0.4) is 0 Å². The van der Waals surface area contributed by atoms with Crippen molar-refractivity contribution in [2.24, 2.45) is 7.05 Å². The second-order valence-corrected chi connectivity index (χ2v) is 9.68. The lowest BCUT2D eigenvalue weighted by Crippen LogP contribution is -2.45. The van der Waals surface area contributed by atoms with E-state index < -0.39 is 0 Å². The first-order valence-corrected chi connectivity index (χ1v) is 12.1. The third-order valence-electron chi connectivity index (χ3n) is 6.78. The number of rotatable bonds is 5. The Balaban J connectivity index is 1.75. The average Bonchev–Trinajstić information content (AvgIpc) is 3.33. The summed E-state index contributed by atoms with van der Waals surface area (Å²) >= 11 is 6.45. The minimum atomic E-state index is -0.327. The first kappa shape index (κ1) is 23.5. The van der Waals surface area contributed by atoms with Crippen molar-refractivity contribution in [3.63, 3.8) is 0 Å². The van der Waals surface area contributed by atoms with Gasteiger partial charge < -0.3 is 29.2 Å². The lowest BCUT2D eigenvalue weighted by atomic mass is 9.98. The van der Waals surface area contributed by atoms with Gasteiger partial charge in [-0.2, -0.15) is 0 Å². The van der Waals surface area contributed by atoms with Crippen molar-refractivity contribution in [2.45, 2.75) is 25.4 Å². The van der Waals surface area contributed by atoms with Crippen molar-refractivity contribution in [2.75, 3.05) is 38.9 Å². The second kappa shape index (κ2) is 9.43. The molecule has 9 heteroatoms. The Bertz CT molecular complexity index is 1350. The summed E-state index contributed by atoms with van der Waals surface area (Å²) in [6.45, 7) is 2.44. The number of halogens is 1. The number of anilines is 1. The van der Waals surface area contributed by atoms with Gasteiger partial charge in [0.05, 0.1) is 11.2 Å². The number of aryl methyl sites for hydroxylation is 1. The summed E-state index contributed by atoms with van der Waals surface area (Å²) in [5.74, 6) is 1.10. The summed E-state index contributed by atoms with van der Waals surface area (Å²) in [4.78, 5) is 30.8. The molecule has 0 bridgehead atoms. The maximum atomic E-state index is 13.6. The SMILES string of the molecule is CN(C)C(=O)c1c(N(Cc2ccc3c(c2)OCO3)C2CCNCC2)c2cc(Cl)ccc2n(C)c1=O. The van der Waals surface area contributed by atoms with Crippen LogP contribution in [-0.2, 0) is 13.6 Å². The second-order valence-electron chi connectivity index (χ2n) is 9.25. The Morgan fingerprint density at radius 2 is 1.86 bits per heavy atom. The van der Waals surface area contributed by atoms with E-state index in [1.54, 1.807) is 27.2 Å². The van der Waals surface area contributed by atoms with Crippen molar-refractivity contribution in [3.05, 3.63) is 62.9 Å². The number of ether oxygens (including phenoxy) is 2. The smallest absolute Gasteiger partial charge is 0.265 e. The largest absolute Gasteiger partial charge is 0.454 e. The van der Waals surface area contributed by atoms with Crippen LogP contribution in [0, 0.1) is 0 Å². The average molecular weight is 497 g/mol. The Labute approximate surface area is 209 Å². The van der Waals surface area contributed by atoms with Crippen LogP contribution in [0.4, 0.5) is 5.69 Å². The molecular formula is C26H29ClN4O4. The number of benzene rings is 2. The fourth-order valence-electron chi connectivity index (χ4n) is 4.96. The highest BCUT2D eigenvalue weighted by atomic mass is 35.5. The fraction of sp³-hybridized carbons (Fsp3) is 0.385. The molecule has 3 heterocycles. The van der Waals surface area contributed by atoms with Gasteiger partial charge in [-0.05, 0) is 61.8 Å². The zero-order valence-corrected chi connectivity index (χ0v) is 20.9. The maximum absolute atomic E-state index is 13.6. The van der Waals surface area contributed by atoms with E-state index in [1.807, 2.05) is 30.3 Å². The fourth-order valence-corrected chi connectivity index (χ4v) is 5.14. The van der Waals surface area contributed by atoms with E-state index >= 15 is 0 Å². The van der Waals surface area contributed by atoms with Crippen molar-refractivity contribution in [1.82, 2.24) is 14.8 Å². The molecule has 1 fully saturated rings. The summed E-state index contributed by atoms with van der Waals surface area (Å²) in [5, 5.41) is 4.75. The van der Waals surface area contributed by atoms with E-state index in [2.05, 4.69) is 10.2 Å². The number of pyridine rings is 1. The molecule has 35 heavy (non-hydrogen) atoms. The molecule has 5 rings (SSSR count). The quantitative estimate of drug-likeness (QED) is 0.583. The maximum Gasteiger partial charge on any atom is 0.265 e. The van der Waals surface area contributed by atoms with E-state index in [1.165, 1.54) is 9.47 Å². The Kier molecular flexibility index (Phi) is 6.34. The molecule has 0 aliphatic carbocycles. The van der Waals surface area contributed by atoms with E-state index in [0.29, 0.717) is 23.0 Å². The van der Waals surface area contributed by atoms with Gasteiger partial charge in [0, 0.05) is 44.1 Å². The number of hydrogen-bond acceptors (Lipinski definition) is 6. The van der Waals surface area contributed by atoms with Crippen molar-refractivity contribution in [3.8, 4) is 11.5 Å². The van der Waals surface area contributed by atoms with Crippen LogP contribution < -0.4 is 25.2 Å². The van der Waals surface area contributed by atoms with Gasteiger partial charge in [0.1, 0.15) is 5.56 Å². The molecule has 184 valence electrons. The standard InChI is InChI=1S/C26H29ClN4O4/c1-29(2)25(32)23-24(19-13-17(27)5-6-20(19)30(3)26(23)33)31(18-8-10-28-11-9-18)14-16-4-7-21-22(12-16)35-15-34-21/h4-7,12-13,18,28H,8-11,14-15H2,1-3H3. The number of fused-ring (bicyclic) bond motifs is 2. The molecule has 8 nitrogen and oxygen atoms in total. The molecule has 1 aromatic heterocycles. The van der Waals surface area contributed by atoms with Crippen LogP contribution >= 0.6 is 11.6 Å². The number of nitrogens with zero attached hydrogens (tertiary/aromatic N) is 3. The Morgan fingerprint density at radius 3 is 2.60 bits per heavy atom. The molecule has 0 atom stereocenters. The highest BCUT2D eigenvalue weighted by Gasteiger charge is 2.31. The Hall–Kier alpha value is -3.23. The third-order valence-corrected chi connectivity index (χ3v) is 7.01. The summed E-state index contributed by atoms with van der Waals surface area (Å²) in [5.41, 5.74) is 2.21. The number of amides is 1. The number of hydrogen-bond donors (Lipinski definition) is 1. The van der Waals surface area contributed by atoms with Crippen molar-refractivity contribution >= 4 is 34.1 Å². The van der Waals surface area contributed by atoms with Crippen LogP contribution in [0.2, 0.25) is 5.02 Å². The molecule has 1 saturated heterocycles. The van der Waals surface area contributed by atoms with E-state index in [4.69, 9.17) is 21.1 Å². The van der Waals surface area contributed by atoms with Gasteiger partial charge >= 0.3 is 0 Å². The van der Waals surface area contributed by atoms with Gasteiger partial charge in [-0.25, -0.2) is 0 Å². The molecule has 3 aromatic rings. The molecule has 2 aromatic carbocycles. The van der Waals surface area contributed by atoms with Gasteiger partial charge in [0.25, 0.3) is 11.5 Å². The monoisotopic (exact) mass is 496 g/mol. The molecule has 0 spiro atoms. The van der Waals surface area contributed by atoms with Crippen molar-refractivity contribution < 1.29 is 14.3 Å². The summed E-state index contributed by atoms with van der Waals surface area (Å²) in [7, 11) is 5.03. The topological polar surface area (TPSA) is 76.0 Å². The number of carbonyl (C=O) groups is 1. The molecule has 2 aliphatic rings. The number of nitrogens with one attached hydrogen (secondary N) is 1. The summed E-state index contributed by atoms with van der Waals surface area (Å²) < 4.78 is 12.6. The van der Waals surface area contributed by atoms with Gasteiger partial charge in [-0.15, -0.1) is 0 Å². The lowest BCUT2D eigenvalue weighted by Gasteiger charge is -2.38. The van der Waals surface area contributed by atoms with Gasteiger partial charge in [-0.3, -0.25) is 9.59 Å². The van der Waals surface area contributed by atoms with E-state index in [9.17, 15) is 9.59 Å². The number of aromatic nitrogens is 1. The number of carbonyl (C=O) groups excluding carboxylic acids is 1. The highest BCUT2D eigenvalue weighted by Crippen LogP contribution is 2.37. The molecule has 0 radical (unpaired) electrons. The molecule has 2 aliphatic heterocycles. The molecule has 0 unspecified atom stereocenters. The summed E-state index contributed by atoms with van der Waals surface area (Å²) in [6, 6.07) is 11.5. The van der Waals surface area contributed by atoms with Crippen molar-refractivity contribution in [1.29, 1.82) is 0 Å². The number of piperidine rings is 1. The normalized spacial score (nSPS) is 15.4. The zero-order valence-electron chi connectivity index (χ0n) is 20.1. The van der Waals surface area contributed by atoms with E-state index in [-0.39, 0.29) is 29.9 Å². The van der Waals surface area contributed by atoms with Gasteiger partial charge in [0.15, 0.2) is 11.5 Å². The van der Waals surface area contributed by atoms with E-state index in [0.717, 1.165) is 48.1 Å². The minimum absolute atomic E-state index is 0.129. The van der Waals surface area contributed by atoms with Gasteiger partial charge in [0.2, 0.25) is 6.79 Å². The highest BCUT2D eigenvalue weighted by molar-refractivity contribution is 6.31. The minimum Gasteiger partial charge on any atom is -0.454 e. The molecule has 1 N–H and O–H groups in total. The first-order valence-electron chi connectivity index (χ1n) is 11.7. The molecular weight excluding hydrogens is 468 g/mol. The predicted octanol–water partition coefficient (Wildman–Crippen LogP) is 3.38. The van der Waals surface area contributed by atoms with Gasteiger partial charge in [-0.1, -0.05) is 17.7 Å². The molecule has 1 amide bonds. The van der Waals surface area contributed by atoms with Crippen LogP contribution in [0.25, 0.3) is 10.9 Å². The predicted molar refractivity (Wildman–Crippen MR) is 137 cm³/mol. The van der Waals surface area contributed by atoms with Crippen LogP contribution in [-0.4, -0.2) is 55.4 Å². The zero-order chi connectivity index (χ0) is 24.7. The summed E-state index contributed by atoms with van der Waals surface area (Å²) in [6.07, 6.45) is 1.77. The Morgan fingerprint density at radius 1 is 1.11 bits per heavy atom. The van der Waals surface area contributed by atoms with Crippen LogP contribution in [0.1, 0.15) is 28.8 Å². The first-order chi connectivity index (χ1) is 16.8. The third kappa shape index (κ3) is 4.32.